The molecule has 0 aliphatic heterocycles. The molecule has 132 valence electrons. The summed E-state index contributed by atoms with van der Waals surface area (Å²) in [6, 6.07) is 8.00. The van der Waals surface area contributed by atoms with Crippen molar-refractivity contribution in [3.05, 3.63) is 46.0 Å². The van der Waals surface area contributed by atoms with Crippen molar-refractivity contribution >= 4 is 21.8 Å². The van der Waals surface area contributed by atoms with Gasteiger partial charge in [0.25, 0.3) is 0 Å². The van der Waals surface area contributed by atoms with Crippen LogP contribution in [0.25, 0.3) is 0 Å². The Bertz CT molecular complexity index is 767. The van der Waals surface area contributed by atoms with Gasteiger partial charge in [-0.3, -0.25) is 4.79 Å². The van der Waals surface area contributed by atoms with Crippen molar-refractivity contribution in [1.82, 2.24) is 15.5 Å². The van der Waals surface area contributed by atoms with E-state index in [9.17, 15) is 4.79 Å². The third kappa shape index (κ3) is 3.64. The molecule has 3 unspecified atom stereocenters. The van der Waals surface area contributed by atoms with Gasteiger partial charge in [-0.15, -0.1) is 0 Å². The summed E-state index contributed by atoms with van der Waals surface area (Å²) in [7, 11) is 0. The Balaban J connectivity index is 1.42. The molecule has 2 aliphatic rings. The molecule has 4 rings (SSSR count). The second kappa shape index (κ2) is 6.56. The van der Waals surface area contributed by atoms with Crippen LogP contribution in [0, 0.1) is 11.8 Å². The van der Waals surface area contributed by atoms with Gasteiger partial charge in [0, 0.05) is 16.3 Å². The molecule has 6 heteroatoms. The zero-order valence-corrected chi connectivity index (χ0v) is 16.0. The summed E-state index contributed by atoms with van der Waals surface area (Å²) in [6.07, 6.45) is 3.17. The van der Waals surface area contributed by atoms with E-state index in [0.717, 1.165) is 29.6 Å². The number of nitrogens with one attached hydrogen (secondary N) is 1. The summed E-state index contributed by atoms with van der Waals surface area (Å²) in [5, 5.41) is 7.21. The van der Waals surface area contributed by atoms with Gasteiger partial charge >= 0.3 is 0 Å². The van der Waals surface area contributed by atoms with E-state index in [-0.39, 0.29) is 23.8 Å². The number of rotatable bonds is 6. The van der Waals surface area contributed by atoms with E-state index in [2.05, 4.69) is 57.4 Å². The van der Waals surface area contributed by atoms with Gasteiger partial charge in [-0.2, -0.15) is 4.98 Å². The standard InChI is InChI=1S/C19H22BrN3O2/c1-10(2)16(19-22-17(23-25-19)12-3-4-12)21-18(24)15-9-14(15)11-5-7-13(20)8-6-11/h5-8,10,12,14-16H,3-4,9H2,1-2H3,(H,21,24). The Morgan fingerprint density at radius 2 is 2.00 bits per heavy atom. The quantitative estimate of drug-likeness (QED) is 0.779. The summed E-state index contributed by atoms with van der Waals surface area (Å²) >= 11 is 3.45. The van der Waals surface area contributed by atoms with Crippen molar-refractivity contribution < 1.29 is 9.32 Å². The maximum atomic E-state index is 12.7. The lowest BCUT2D eigenvalue weighted by molar-refractivity contribution is -0.123. The van der Waals surface area contributed by atoms with Gasteiger partial charge < -0.3 is 9.84 Å². The summed E-state index contributed by atoms with van der Waals surface area (Å²) in [5.74, 6) is 2.39. The van der Waals surface area contributed by atoms with Crippen LogP contribution in [0.3, 0.4) is 0 Å². The highest BCUT2D eigenvalue weighted by molar-refractivity contribution is 9.10. The van der Waals surface area contributed by atoms with Crippen molar-refractivity contribution in [3.63, 3.8) is 0 Å². The Morgan fingerprint density at radius 1 is 1.28 bits per heavy atom. The van der Waals surface area contributed by atoms with Crippen LogP contribution in [0.15, 0.2) is 33.3 Å². The molecule has 0 radical (unpaired) electrons. The molecule has 0 saturated heterocycles. The highest BCUT2D eigenvalue weighted by Gasteiger charge is 2.45. The summed E-state index contributed by atoms with van der Waals surface area (Å²) < 4.78 is 6.49. The molecule has 1 heterocycles. The monoisotopic (exact) mass is 403 g/mol. The molecule has 1 aromatic heterocycles. The van der Waals surface area contributed by atoms with Crippen molar-refractivity contribution in [2.45, 2.75) is 51.0 Å². The lowest BCUT2D eigenvalue weighted by atomic mass is 10.0. The Kier molecular flexibility index (Phi) is 4.40. The molecular formula is C19H22BrN3O2. The van der Waals surface area contributed by atoms with E-state index in [4.69, 9.17) is 4.52 Å². The number of hydrogen-bond acceptors (Lipinski definition) is 4. The molecule has 0 spiro atoms. The number of nitrogens with zero attached hydrogens (tertiary/aromatic N) is 2. The van der Waals surface area contributed by atoms with E-state index in [1.54, 1.807) is 0 Å². The van der Waals surface area contributed by atoms with Crippen molar-refractivity contribution in [1.29, 1.82) is 0 Å². The second-order valence-corrected chi connectivity index (χ2v) is 8.41. The molecule has 1 aromatic carbocycles. The fourth-order valence-corrected chi connectivity index (χ4v) is 3.48. The fourth-order valence-electron chi connectivity index (χ4n) is 3.22. The first kappa shape index (κ1) is 16.8. The lowest BCUT2D eigenvalue weighted by Crippen LogP contribution is -2.33. The number of halogens is 1. The largest absolute Gasteiger partial charge is 0.344 e. The Morgan fingerprint density at radius 3 is 2.64 bits per heavy atom. The van der Waals surface area contributed by atoms with E-state index in [0.29, 0.717) is 17.7 Å². The predicted molar refractivity (Wildman–Crippen MR) is 97.0 cm³/mol. The van der Waals surface area contributed by atoms with Crippen LogP contribution in [-0.2, 0) is 4.79 Å². The third-order valence-electron chi connectivity index (χ3n) is 5.06. The van der Waals surface area contributed by atoms with Gasteiger partial charge in [0.15, 0.2) is 5.82 Å². The molecule has 1 amide bonds. The molecule has 3 atom stereocenters. The first-order chi connectivity index (χ1) is 12.0. The first-order valence-electron chi connectivity index (χ1n) is 8.92. The zero-order chi connectivity index (χ0) is 17.6. The number of carbonyl (C=O) groups is 1. The summed E-state index contributed by atoms with van der Waals surface area (Å²) in [4.78, 5) is 17.2. The SMILES string of the molecule is CC(C)C(NC(=O)C1CC1c1ccc(Br)cc1)c1nc(C2CC2)no1. The minimum absolute atomic E-state index is 0.0354. The van der Waals surface area contributed by atoms with Crippen LogP contribution in [0.4, 0.5) is 0 Å². The van der Waals surface area contributed by atoms with Crippen molar-refractivity contribution in [3.8, 4) is 0 Å². The Hall–Kier alpha value is -1.69. The highest BCUT2D eigenvalue weighted by Crippen LogP contribution is 2.48. The predicted octanol–water partition coefficient (Wildman–Crippen LogP) is 4.33. The highest BCUT2D eigenvalue weighted by atomic mass is 79.9. The smallest absolute Gasteiger partial charge is 0.249 e. The van der Waals surface area contributed by atoms with E-state index >= 15 is 0 Å². The van der Waals surface area contributed by atoms with E-state index in [1.807, 2.05) is 12.1 Å². The fraction of sp³-hybridized carbons (Fsp3) is 0.526. The summed E-state index contributed by atoms with van der Waals surface area (Å²) in [5.41, 5.74) is 1.22. The van der Waals surface area contributed by atoms with Gasteiger partial charge in [0.2, 0.25) is 11.8 Å². The van der Waals surface area contributed by atoms with Crippen LogP contribution in [0.2, 0.25) is 0 Å². The van der Waals surface area contributed by atoms with Gasteiger partial charge in [-0.1, -0.05) is 47.1 Å². The number of benzene rings is 1. The number of aromatic nitrogens is 2. The van der Waals surface area contributed by atoms with Crippen LogP contribution >= 0.6 is 15.9 Å². The van der Waals surface area contributed by atoms with Gasteiger partial charge in [0.05, 0.1) is 0 Å². The molecule has 2 fully saturated rings. The molecule has 5 nitrogen and oxygen atoms in total. The number of carbonyl (C=O) groups excluding carboxylic acids is 1. The normalized spacial score (nSPS) is 23.5. The minimum atomic E-state index is -0.223. The van der Waals surface area contributed by atoms with E-state index in [1.165, 1.54) is 5.56 Å². The van der Waals surface area contributed by atoms with Crippen LogP contribution < -0.4 is 5.32 Å². The molecule has 25 heavy (non-hydrogen) atoms. The first-order valence-corrected chi connectivity index (χ1v) is 9.71. The van der Waals surface area contributed by atoms with Gasteiger partial charge in [-0.25, -0.2) is 0 Å². The maximum Gasteiger partial charge on any atom is 0.249 e. The average Bonchev–Trinajstić information content (AvgIpc) is 3.51. The lowest BCUT2D eigenvalue weighted by Gasteiger charge is -2.18. The number of hydrogen-bond donors (Lipinski definition) is 1. The zero-order valence-electron chi connectivity index (χ0n) is 14.4. The molecule has 0 bridgehead atoms. The van der Waals surface area contributed by atoms with Crippen LogP contribution in [0.5, 0.6) is 0 Å². The van der Waals surface area contributed by atoms with Crippen molar-refractivity contribution in [2.24, 2.45) is 11.8 Å². The van der Waals surface area contributed by atoms with Crippen LogP contribution in [-0.4, -0.2) is 16.0 Å². The second-order valence-electron chi connectivity index (χ2n) is 7.50. The maximum absolute atomic E-state index is 12.7. The minimum Gasteiger partial charge on any atom is -0.344 e. The molecule has 2 aromatic rings. The van der Waals surface area contributed by atoms with Crippen LogP contribution in [0.1, 0.15) is 68.3 Å². The third-order valence-corrected chi connectivity index (χ3v) is 5.58. The molecule has 1 N–H and O–H groups in total. The van der Waals surface area contributed by atoms with E-state index < -0.39 is 0 Å². The number of amides is 1. The van der Waals surface area contributed by atoms with Gasteiger partial charge in [0.1, 0.15) is 6.04 Å². The van der Waals surface area contributed by atoms with Crippen molar-refractivity contribution in [2.75, 3.05) is 0 Å². The Labute approximate surface area is 155 Å². The molecule has 2 aliphatic carbocycles. The van der Waals surface area contributed by atoms with Gasteiger partial charge in [-0.05, 0) is 48.8 Å². The average molecular weight is 404 g/mol. The topological polar surface area (TPSA) is 68.0 Å². The summed E-state index contributed by atoms with van der Waals surface area (Å²) in [6.45, 7) is 4.12. The molecular weight excluding hydrogens is 382 g/mol. The molecule has 2 saturated carbocycles.